The van der Waals surface area contributed by atoms with Crippen LogP contribution in [-0.4, -0.2) is 9.90 Å². The van der Waals surface area contributed by atoms with Crippen LogP contribution in [0.15, 0.2) is 60.7 Å². The third kappa shape index (κ3) is 1.84. The number of aromatic nitrogens is 3. The zero-order valence-corrected chi connectivity index (χ0v) is 11.7. The van der Waals surface area contributed by atoms with Crippen LogP contribution in [0, 0.1) is 0 Å². The molecule has 0 saturated carbocycles. The van der Waals surface area contributed by atoms with E-state index in [2.05, 4.69) is 5.21 Å². The van der Waals surface area contributed by atoms with Gasteiger partial charge < -0.3 is 5.11 Å². The normalized spacial score (nSPS) is 11.3. The highest BCUT2D eigenvalue weighted by Crippen LogP contribution is 2.20. The van der Waals surface area contributed by atoms with E-state index in [0.717, 1.165) is 10.9 Å². The topological polar surface area (TPSA) is 45.0 Å². The van der Waals surface area contributed by atoms with Gasteiger partial charge >= 0.3 is 0 Å². The van der Waals surface area contributed by atoms with Crippen LogP contribution in [-0.2, 0) is 0 Å². The summed E-state index contributed by atoms with van der Waals surface area (Å²) in [5.41, 5.74) is 2.14. The van der Waals surface area contributed by atoms with Gasteiger partial charge in [0.05, 0.1) is 0 Å². The summed E-state index contributed by atoms with van der Waals surface area (Å²) in [4.78, 5) is 0. The molecule has 4 aromatic rings. The molecule has 0 spiro atoms. The summed E-state index contributed by atoms with van der Waals surface area (Å²) in [7, 11) is 0. The van der Waals surface area contributed by atoms with Crippen LogP contribution >= 0.6 is 11.6 Å². The lowest BCUT2D eigenvalue weighted by atomic mass is 10.2. The fourth-order valence-corrected chi connectivity index (χ4v) is 2.56. The standard InChI is InChI=1S/C16H10ClN3O/c17-12-6-8-13(9-7-12)19-16(21)15-10-5-11-3-1-2-4-14(11)20(15)18-19/h1-10H. The molecule has 0 saturated heterocycles. The number of benzene rings is 2. The average molecular weight is 296 g/mol. The molecule has 0 aliphatic carbocycles. The van der Waals surface area contributed by atoms with E-state index in [4.69, 9.17) is 11.6 Å². The largest absolute Gasteiger partial charge is 0.837 e. The second kappa shape index (κ2) is 4.46. The number of nitrogens with zero attached hydrogens (tertiary/aromatic N) is 3. The molecule has 2 aromatic heterocycles. The number of rotatable bonds is 1. The summed E-state index contributed by atoms with van der Waals surface area (Å²) in [6.07, 6.45) is 0. The minimum absolute atomic E-state index is 0.150. The van der Waals surface area contributed by atoms with Crippen molar-refractivity contribution in [2.24, 2.45) is 0 Å². The van der Waals surface area contributed by atoms with Crippen LogP contribution < -0.4 is 9.62 Å². The Balaban J connectivity index is 2.05. The molecule has 0 radical (unpaired) electrons. The fraction of sp³-hybridized carbons (Fsp3) is 0. The Morgan fingerprint density at radius 1 is 0.905 bits per heavy atom. The van der Waals surface area contributed by atoms with Crippen LogP contribution in [0.5, 0.6) is 5.88 Å². The SMILES string of the molecule is [O-]c1c2ccc3ccccc3[n+]2nn1-c1ccc(Cl)cc1. The van der Waals surface area contributed by atoms with Gasteiger partial charge in [-0.2, -0.15) is 0 Å². The summed E-state index contributed by atoms with van der Waals surface area (Å²) < 4.78 is 3.06. The van der Waals surface area contributed by atoms with E-state index in [1.54, 1.807) is 34.8 Å². The Kier molecular flexibility index (Phi) is 2.59. The maximum atomic E-state index is 12.5. The molecular weight excluding hydrogens is 286 g/mol. The van der Waals surface area contributed by atoms with E-state index in [1.807, 2.05) is 30.3 Å². The van der Waals surface area contributed by atoms with E-state index in [1.165, 1.54) is 4.68 Å². The van der Waals surface area contributed by atoms with Crippen molar-refractivity contribution in [1.29, 1.82) is 0 Å². The molecule has 0 N–H and O–H groups in total. The summed E-state index contributed by atoms with van der Waals surface area (Å²) in [5, 5.41) is 18.6. The van der Waals surface area contributed by atoms with Gasteiger partial charge in [0, 0.05) is 10.4 Å². The zero-order chi connectivity index (χ0) is 14.4. The zero-order valence-electron chi connectivity index (χ0n) is 10.9. The third-order valence-electron chi connectivity index (χ3n) is 3.48. The number of hydrogen-bond acceptors (Lipinski definition) is 2. The van der Waals surface area contributed by atoms with Crippen molar-refractivity contribution in [3.63, 3.8) is 0 Å². The minimum Gasteiger partial charge on any atom is -0.837 e. The first-order valence-corrected chi connectivity index (χ1v) is 6.87. The number of fused-ring (bicyclic) bond motifs is 3. The highest BCUT2D eigenvalue weighted by molar-refractivity contribution is 6.30. The van der Waals surface area contributed by atoms with Gasteiger partial charge in [-0.15, -0.1) is 4.68 Å². The smallest absolute Gasteiger partial charge is 0.191 e. The van der Waals surface area contributed by atoms with Gasteiger partial charge in [0.25, 0.3) is 0 Å². The molecule has 0 unspecified atom stereocenters. The molecule has 0 amide bonds. The lowest BCUT2D eigenvalue weighted by molar-refractivity contribution is -0.556. The number of halogens is 1. The molecule has 2 aromatic carbocycles. The minimum atomic E-state index is -0.150. The molecular formula is C16H10ClN3O. The molecule has 0 fully saturated rings. The Hall–Kier alpha value is -2.59. The molecule has 21 heavy (non-hydrogen) atoms. The van der Waals surface area contributed by atoms with E-state index in [0.29, 0.717) is 16.2 Å². The molecule has 4 rings (SSSR count). The van der Waals surface area contributed by atoms with Gasteiger partial charge in [-0.3, -0.25) is 0 Å². The quantitative estimate of drug-likeness (QED) is 0.506. The van der Waals surface area contributed by atoms with Crippen molar-refractivity contribution >= 4 is 28.0 Å². The molecule has 0 bridgehead atoms. The van der Waals surface area contributed by atoms with Gasteiger partial charge in [0.2, 0.25) is 0 Å². The van der Waals surface area contributed by atoms with E-state index >= 15 is 0 Å². The summed E-state index contributed by atoms with van der Waals surface area (Å²) in [6.45, 7) is 0. The van der Waals surface area contributed by atoms with Crippen LogP contribution in [0.2, 0.25) is 5.02 Å². The fourth-order valence-electron chi connectivity index (χ4n) is 2.44. The van der Waals surface area contributed by atoms with E-state index < -0.39 is 0 Å². The Morgan fingerprint density at radius 3 is 2.48 bits per heavy atom. The second-order valence-electron chi connectivity index (χ2n) is 4.77. The van der Waals surface area contributed by atoms with Crippen molar-refractivity contribution in [2.75, 3.05) is 0 Å². The van der Waals surface area contributed by atoms with Crippen LogP contribution in [0.3, 0.4) is 0 Å². The van der Waals surface area contributed by atoms with Gasteiger partial charge in [-0.05, 0) is 42.5 Å². The number of para-hydroxylation sites is 1. The lowest BCUT2D eigenvalue weighted by Gasteiger charge is -2.00. The third-order valence-corrected chi connectivity index (χ3v) is 3.73. The van der Waals surface area contributed by atoms with Crippen molar-refractivity contribution in [3.05, 3.63) is 65.7 Å². The van der Waals surface area contributed by atoms with Crippen LogP contribution in [0.1, 0.15) is 0 Å². The maximum Gasteiger partial charge on any atom is 0.191 e. The van der Waals surface area contributed by atoms with Crippen molar-refractivity contribution < 1.29 is 9.62 Å². The predicted octanol–water partition coefficient (Wildman–Crippen LogP) is 2.49. The highest BCUT2D eigenvalue weighted by atomic mass is 35.5. The van der Waals surface area contributed by atoms with Crippen molar-refractivity contribution in [2.45, 2.75) is 0 Å². The molecule has 0 atom stereocenters. The second-order valence-corrected chi connectivity index (χ2v) is 5.21. The summed E-state index contributed by atoms with van der Waals surface area (Å²) in [6, 6.07) is 18.6. The van der Waals surface area contributed by atoms with Crippen molar-refractivity contribution in [1.82, 2.24) is 9.90 Å². The monoisotopic (exact) mass is 295 g/mol. The average Bonchev–Trinajstić information content (AvgIpc) is 2.86. The highest BCUT2D eigenvalue weighted by Gasteiger charge is 2.16. The summed E-state index contributed by atoms with van der Waals surface area (Å²) >= 11 is 5.88. The Morgan fingerprint density at radius 2 is 1.67 bits per heavy atom. The predicted molar refractivity (Wildman–Crippen MR) is 78.7 cm³/mol. The first-order chi connectivity index (χ1) is 10.2. The number of hydrogen-bond donors (Lipinski definition) is 0. The Bertz CT molecular complexity index is 961. The van der Waals surface area contributed by atoms with E-state index in [9.17, 15) is 5.11 Å². The molecule has 4 nitrogen and oxygen atoms in total. The Labute approximate surface area is 125 Å². The van der Waals surface area contributed by atoms with Crippen molar-refractivity contribution in [3.8, 4) is 11.6 Å². The van der Waals surface area contributed by atoms with Gasteiger partial charge in [0.1, 0.15) is 11.1 Å². The summed E-state index contributed by atoms with van der Waals surface area (Å²) in [5.74, 6) is -0.150. The first-order valence-electron chi connectivity index (χ1n) is 6.50. The molecule has 0 aliphatic rings. The van der Waals surface area contributed by atoms with Crippen LogP contribution in [0.25, 0.3) is 22.1 Å². The molecule has 102 valence electrons. The molecule has 2 heterocycles. The lowest BCUT2D eigenvalue weighted by Crippen LogP contribution is -2.25. The number of pyridine rings is 1. The van der Waals surface area contributed by atoms with Gasteiger partial charge in [-0.25, -0.2) is 0 Å². The van der Waals surface area contributed by atoms with Crippen LogP contribution in [0.4, 0.5) is 0 Å². The van der Waals surface area contributed by atoms with Gasteiger partial charge in [0.15, 0.2) is 16.7 Å². The maximum absolute atomic E-state index is 12.5. The van der Waals surface area contributed by atoms with Gasteiger partial charge in [-0.1, -0.05) is 34.3 Å². The first kappa shape index (κ1) is 12.2. The van der Waals surface area contributed by atoms with E-state index in [-0.39, 0.29) is 5.88 Å². The molecule has 0 aliphatic heterocycles. The molecule has 5 heteroatoms.